The largest absolute Gasteiger partial charge is 0.549 e. The molecule has 20 heavy (non-hydrogen) atoms. The molecule has 0 fully saturated rings. The van der Waals surface area contributed by atoms with Gasteiger partial charge in [0.15, 0.2) is 5.58 Å². The zero-order valence-electron chi connectivity index (χ0n) is 10.4. The lowest BCUT2D eigenvalue weighted by Crippen LogP contribution is -2.28. The molecule has 0 spiro atoms. The number of aliphatic carboxylic acids is 1. The molecule has 100 valence electrons. The number of hydrogen-bond acceptors (Lipinski definition) is 5. The van der Waals surface area contributed by atoms with Crippen molar-refractivity contribution in [2.24, 2.45) is 0 Å². The Hall–Kier alpha value is -2.27. The Morgan fingerprint density at radius 1 is 1.10 bits per heavy atom. The van der Waals surface area contributed by atoms with E-state index in [0.29, 0.717) is 21.9 Å². The summed E-state index contributed by atoms with van der Waals surface area (Å²) in [5.74, 6) is -1.16. The van der Waals surface area contributed by atoms with E-state index in [1.54, 1.807) is 30.3 Å². The normalized spacial score (nSPS) is 12.4. The average Bonchev–Trinajstić information content (AvgIpc) is 2.88. The van der Waals surface area contributed by atoms with E-state index in [2.05, 4.69) is 4.98 Å². The average molecular weight is 284 g/mol. The molecule has 0 aliphatic heterocycles. The molecule has 0 aliphatic carbocycles. The summed E-state index contributed by atoms with van der Waals surface area (Å²) in [6, 6.07) is 16.2. The van der Waals surface area contributed by atoms with Crippen LogP contribution in [0.1, 0.15) is 10.8 Å². The van der Waals surface area contributed by atoms with Crippen LogP contribution in [0.15, 0.2) is 64.2 Å². The summed E-state index contributed by atoms with van der Waals surface area (Å²) >= 11 is 1.04. The van der Waals surface area contributed by atoms with Gasteiger partial charge in [-0.2, -0.15) is 0 Å². The maximum absolute atomic E-state index is 11.3. The Kier molecular flexibility index (Phi) is 3.43. The van der Waals surface area contributed by atoms with Crippen LogP contribution in [0, 0.1) is 0 Å². The number of hydrogen-bond donors (Lipinski definition) is 0. The van der Waals surface area contributed by atoms with Crippen LogP contribution in [0.2, 0.25) is 0 Å². The van der Waals surface area contributed by atoms with Crippen molar-refractivity contribution in [1.82, 2.24) is 4.98 Å². The van der Waals surface area contributed by atoms with Crippen LogP contribution in [0.5, 0.6) is 0 Å². The van der Waals surface area contributed by atoms with Crippen molar-refractivity contribution in [1.29, 1.82) is 0 Å². The van der Waals surface area contributed by atoms with Crippen molar-refractivity contribution in [3.05, 3.63) is 60.2 Å². The number of thioether (sulfide) groups is 1. The Balaban J connectivity index is 1.92. The summed E-state index contributed by atoms with van der Waals surface area (Å²) in [6.45, 7) is 0. The van der Waals surface area contributed by atoms with Crippen molar-refractivity contribution in [3.8, 4) is 0 Å². The molecule has 0 unspecified atom stereocenters. The summed E-state index contributed by atoms with van der Waals surface area (Å²) in [6.07, 6.45) is 0. The Morgan fingerprint density at radius 3 is 2.50 bits per heavy atom. The van der Waals surface area contributed by atoms with Crippen molar-refractivity contribution in [3.63, 3.8) is 0 Å². The molecule has 1 aromatic heterocycles. The second-order valence-corrected chi connectivity index (χ2v) is 5.23. The highest BCUT2D eigenvalue weighted by atomic mass is 32.2. The number of carbonyl (C=O) groups is 1. The topological polar surface area (TPSA) is 66.2 Å². The van der Waals surface area contributed by atoms with Gasteiger partial charge in [0.05, 0.1) is 11.2 Å². The lowest BCUT2D eigenvalue weighted by atomic mass is 10.1. The summed E-state index contributed by atoms with van der Waals surface area (Å²) in [7, 11) is 0. The molecule has 1 atom stereocenters. The van der Waals surface area contributed by atoms with Gasteiger partial charge in [0.1, 0.15) is 5.52 Å². The number of benzene rings is 2. The van der Waals surface area contributed by atoms with Gasteiger partial charge in [-0.3, -0.25) is 0 Å². The molecule has 2 aromatic carbocycles. The highest BCUT2D eigenvalue weighted by Crippen LogP contribution is 2.35. The van der Waals surface area contributed by atoms with E-state index in [1.807, 2.05) is 24.3 Å². The Morgan fingerprint density at radius 2 is 1.80 bits per heavy atom. The first-order chi connectivity index (χ1) is 9.74. The van der Waals surface area contributed by atoms with Crippen molar-refractivity contribution in [2.75, 3.05) is 0 Å². The van der Waals surface area contributed by atoms with E-state index in [0.717, 1.165) is 11.8 Å². The van der Waals surface area contributed by atoms with E-state index < -0.39 is 11.2 Å². The third-order valence-electron chi connectivity index (χ3n) is 2.81. The predicted octanol–water partition coefficient (Wildman–Crippen LogP) is 2.41. The van der Waals surface area contributed by atoms with E-state index in [4.69, 9.17) is 4.42 Å². The second-order valence-electron chi connectivity index (χ2n) is 4.18. The molecule has 5 heteroatoms. The van der Waals surface area contributed by atoms with Crippen LogP contribution in [-0.2, 0) is 4.79 Å². The van der Waals surface area contributed by atoms with Crippen LogP contribution < -0.4 is 5.11 Å². The van der Waals surface area contributed by atoms with Gasteiger partial charge < -0.3 is 14.3 Å². The smallest absolute Gasteiger partial charge is 0.257 e. The van der Waals surface area contributed by atoms with Crippen LogP contribution in [-0.4, -0.2) is 11.0 Å². The SMILES string of the molecule is O=C([O-])[C@H](Sc1nc2ccccc2o1)c1ccccc1. The first kappa shape index (κ1) is 12.7. The van der Waals surface area contributed by atoms with Crippen LogP contribution in [0.4, 0.5) is 0 Å². The van der Waals surface area contributed by atoms with Gasteiger partial charge in [-0.25, -0.2) is 4.98 Å². The number of oxazole rings is 1. The summed E-state index contributed by atoms with van der Waals surface area (Å²) < 4.78 is 5.53. The molecular weight excluding hydrogens is 274 g/mol. The maximum atomic E-state index is 11.3. The van der Waals surface area contributed by atoms with Crippen molar-refractivity contribution in [2.45, 2.75) is 10.5 Å². The molecule has 0 amide bonds. The van der Waals surface area contributed by atoms with Gasteiger partial charge in [-0.15, -0.1) is 0 Å². The van der Waals surface area contributed by atoms with Gasteiger partial charge in [0.2, 0.25) is 0 Å². The number of carboxylic acids is 1. The van der Waals surface area contributed by atoms with Crippen LogP contribution in [0.3, 0.4) is 0 Å². The number of nitrogens with zero attached hydrogens (tertiary/aromatic N) is 1. The molecule has 0 aliphatic rings. The minimum Gasteiger partial charge on any atom is -0.549 e. The lowest BCUT2D eigenvalue weighted by Gasteiger charge is -2.15. The van der Waals surface area contributed by atoms with Gasteiger partial charge in [0.25, 0.3) is 5.22 Å². The monoisotopic (exact) mass is 284 g/mol. The molecule has 3 rings (SSSR count). The summed E-state index contributed by atoms with van der Waals surface area (Å²) in [4.78, 5) is 15.6. The summed E-state index contributed by atoms with van der Waals surface area (Å²) in [5.41, 5.74) is 2.00. The van der Waals surface area contributed by atoms with E-state index in [-0.39, 0.29) is 0 Å². The second kappa shape index (κ2) is 5.38. The Bertz CT molecular complexity index is 706. The highest BCUT2D eigenvalue weighted by Gasteiger charge is 2.18. The maximum Gasteiger partial charge on any atom is 0.257 e. The molecule has 1 heterocycles. The third-order valence-corrected chi connectivity index (χ3v) is 3.89. The van der Waals surface area contributed by atoms with E-state index in [1.165, 1.54) is 0 Å². The lowest BCUT2D eigenvalue weighted by molar-refractivity contribution is -0.305. The number of carbonyl (C=O) groups excluding carboxylic acids is 1. The first-order valence-electron chi connectivity index (χ1n) is 6.02. The van der Waals surface area contributed by atoms with Crippen LogP contribution >= 0.6 is 11.8 Å². The fraction of sp³-hybridized carbons (Fsp3) is 0.0667. The van der Waals surface area contributed by atoms with Gasteiger partial charge in [-0.05, 0) is 17.7 Å². The first-order valence-corrected chi connectivity index (χ1v) is 6.90. The number of rotatable bonds is 4. The third kappa shape index (κ3) is 2.53. The van der Waals surface area contributed by atoms with Gasteiger partial charge >= 0.3 is 0 Å². The quantitative estimate of drug-likeness (QED) is 0.688. The number of carboxylic acid groups (broad SMARTS) is 1. The molecule has 0 N–H and O–H groups in total. The number of aromatic nitrogens is 1. The standard InChI is InChI=1S/C15H11NO3S/c17-14(18)13(10-6-2-1-3-7-10)20-15-16-11-8-4-5-9-12(11)19-15/h1-9,13H,(H,17,18)/p-1/t13-/m1/s1. The fourth-order valence-corrected chi connectivity index (χ4v) is 2.76. The van der Waals surface area contributed by atoms with Crippen LogP contribution in [0.25, 0.3) is 11.1 Å². The zero-order chi connectivity index (χ0) is 13.9. The predicted molar refractivity (Wildman–Crippen MR) is 74.1 cm³/mol. The highest BCUT2D eigenvalue weighted by molar-refractivity contribution is 8.00. The molecule has 0 saturated heterocycles. The van der Waals surface area contributed by atoms with Crippen molar-refractivity contribution >= 4 is 28.8 Å². The molecule has 3 aromatic rings. The van der Waals surface area contributed by atoms with E-state index in [9.17, 15) is 9.90 Å². The van der Waals surface area contributed by atoms with E-state index >= 15 is 0 Å². The molecule has 0 radical (unpaired) electrons. The minimum absolute atomic E-state index is 0.323. The molecule has 0 bridgehead atoms. The van der Waals surface area contributed by atoms with Gasteiger partial charge in [0, 0.05) is 0 Å². The van der Waals surface area contributed by atoms with Gasteiger partial charge in [-0.1, -0.05) is 54.2 Å². The minimum atomic E-state index is -1.16. The Labute approximate surface area is 119 Å². The van der Waals surface area contributed by atoms with Crippen molar-refractivity contribution < 1.29 is 14.3 Å². The zero-order valence-corrected chi connectivity index (χ0v) is 11.2. The fourth-order valence-electron chi connectivity index (χ4n) is 1.88. The molecule has 0 saturated carbocycles. The summed E-state index contributed by atoms with van der Waals surface area (Å²) in [5, 5.41) is 10.8. The molecule has 4 nitrogen and oxygen atoms in total. The number of para-hydroxylation sites is 2. The molecular formula is C15H10NO3S-. The number of fused-ring (bicyclic) bond motifs is 1.